The summed E-state index contributed by atoms with van der Waals surface area (Å²) >= 11 is 0. The molecule has 0 unspecified atom stereocenters. The number of H-pyrrole nitrogens is 1. The molecule has 1 heterocycles. The Morgan fingerprint density at radius 3 is 2.83 bits per heavy atom. The number of hydrogen-bond donors (Lipinski definition) is 3. The van der Waals surface area contributed by atoms with Gasteiger partial charge in [-0.25, -0.2) is 4.98 Å². The zero-order valence-corrected chi connectivity index (χ0v) is 12.6. The van der Waals surface area contributed by atoms with E-state index in [1.807, 2.05) is 30.3 Å². The number of aromatic amines is 1. The molecule has 0 saturated carbocycles. The number of hydrogen-bond acceptors (Lipinski definition) is 4. The predicted molar refractivity (Wildman–Crippen MR) is 89.2 cm³/mol. The van der Waals surface area contributed by atoms with E-state index in [0.29, 0.717) is 30.1 Å². The number of nitrogens with two attached hydrogens (primary N) is 2. The van der Waals surface area contributed by atoms with Gasteiger partial charge in [-0.1, -0.05) is 18.2 Å². The summed E-state index contributed by atoms with van der Waals surface area (Å²) in [6.45, 7) is 1.17. The highest BCUT2D eigenvalue weighted by Gasteiger charge is 2.12. The molecule has 0 fully saturated rings. The van der Waals surface area contributed by atoms with Crippen LogP contribution in [0.1, 0.15) is 16.8 Å². The van der Waals surface area contributed by atoms with Crippen molar-refractivity contribution in [3.05, 3.63) is 48.0 Å². The minimum absolute atomic E-state index is 0.403. The van der Waals surface area contributed by atoms with Crippen LogP contribution in [0.5, 0.6) is 5.75 Å². The van der Waals surface area contributed by atoms with E-state index in [1.165, 1.54) is 0 Å². The van der Waals surface area contributed by atoms with Gasteiger partial charge >= 0.3 is 0 Å². The zero-order valence-electron chi connectivity index (χ0n) is 12.6. The van der Waals surface area contributed by atoms with Crippen molar-refractivity contribution in [2.45, 2.75) is 6.42 Å². The van der Waals surface area contributed by atoms with Crippen molar-refractivity contribution in [3.63, 3.8) is 0 Å². The number of benzene rings is 2. The number of fused-ring (bicyclic) bond motifs is 1. The summed E-state index contributed by atoms with van der Waals surface area (Å²) in [5.74, 6) is 0.928. The molecule has 23 heavy (non-hydrogen) atoms. The lowest BCUT2D eigenvalue weighted by Crippen LogP contribution is -2.11. The van der Waals surface area contributed by atoms with Crippen LogP contribution in [0, 0.1) is 0 Å². The molecule has 2 aromatic carbocycles. The SMILES string of the molecule is NCCCOc1cccc(-c2nc3c(C(N)=O)cccc3[nH]2)c1. The maximum atomic E-state index is 11.5. The van der Waals surface area contributed by atoms with Crippen molar-refractivity contribution in [2.75, 3.05) is 13.2 Å². The minimum atomic E-state index is -0.493. The van der Waals surface area contributed by atoms with Gasteiger partial charge < -0.3 is 21.2 Å². The van der Waals surface area contributed by atoms with Gasteiger partial charge in [-0.2, -0.15) is 0 Å². The number of nitrogens with zero attached hydrogens (tertiary/aromatic N) is 1. The monoisotopic (exact) mass is 310 g/mol. The van der Waals surface area contributed by atoms with E-state index < -0.39 is 5.91 Å². The fourth-order valence-electron chi connectivity index (χ4n) is 2.37. The van der Waals surface area contributed by atoms with E-state index in [-0.39, 0.29) is 0 Å². The van der Waals surface area contributed by atoms with Gasteiger partial charge in [0.05, 0.1) is 17.7 Å². The Morgan fingerprint density at radius 1 is 1.22 bits per heavy atom. The Labute approximate surface area is 133 Å². The predicted octanol–water partition coefficient (Wildman–Crippen LogP) is 2.06. The van der Waals surface area contributed by atoms with E-state index in [4.69, 9.17) is 16.2 Å². The smallest absolute Gasteiger partial charge is 0.250 e. The summed E-state index contributed by atoms with van der Waals surface area (Å²) in [7, 11) is 0. The summed E-state index contributed by atoms with van der Waals surface area (Å²) in [6, 6.07) is 12.9. The van der Waals surface area contributed by atoms with Crippen LogP contribution in [0.4, 0.5) is 0 Å². The normalized spacial score (nSPS) is 10.8. The van der Waals surface area contributed by atoms with Crippen LogP contribution in [-0.2, 0) is 0 Å². The quantitative estimate of drug-likeness (QED) is 0.606. The summed E-state index contributed by atoms with van der Waals surface area (Å²) in [4.78, 5) is 19.2. The molecule has 1 amide bonds. The first-order valence-electron chi connectivity index (χ1n) is 7.41. The third-order valence-corrected chi connectivity index (χ3v) is 3.50. The number of para-hydroxylation sites is 1. The summed E-state index contributed by atoms with van der Waals surface area (Å²) in [5, 5.41) is 0. The van der Waals surface area contributed by atoms with Crippen LogP contribution < -0.4 is 16.2 Å². The number of carbonyl (C=O) groups is 1. The van der Waals surface area contributed by atoms with Crippen LogP contribution in [0.25, 0.3) is 22.4 Å². The Morgan fingerprint density at radius 2 is 2.04 bits per heavy atom. The number of rotatable bonds is 6. The largest absolute Gasteiger partial charge is 0.494 e. The molecular weight excluding hydrogens is 292 g/mol. The Kier molecular flexibility index (Phi) is 4.25. The first kappa shape index (κ1) is 15.1. The molecule has 0 aliphatic rings. The lowest BCUT2D eigenvalue weighted by molar-refractivity contribution is 0.100. The number of ether oxygens (including phenoxy) is 1. The molecule has 0 saturated heterocycles. The number of aromatic nitrogens is 2. The third kappa shape index (κ3) is 3.17. The summed E-state index contributed by atoms with van der Waals surface area (Å²) < 4.78 is 5.65. The first-order valence-corrected chi connectivity index (χ1v) is 7.41. The van der Waals surface area contributed by atoms with E-state index >= 15 is 0 Å². The molecule has 5 N–H and O–H groups in total. The van der Waals surface area contributed by atoms with Crippen LogP contribution in [0.15, 0.2) is 42.5 Å². The van der Waals surface area contributed by atoms with Crippen molar-refractivity contribution in [1.82, 2.24) is 9.97 Å². The van der Waals surface area contributed by atoms with Crippen LogP contribution in [0.3, 0.4) is 0 Å². The molecule has 118 valence electrons. The standard InChI is InChI=1S/C17H18N4O2/c18-8-3-9-23-12-5-1-4-11(10-12)17-20-14-7-2-6-13(16(19)22)15(14)21-17/h1-2,4-7,10H,3,8-9,18H2,(H2,19,22)(H,20,21). The van der Waals surface area contributed by atoms with Crippen molar-refractivity contribution in [2.24, 2.45) is 11.5 Å². The lowest BCUT2D eigenvalue weighted by atomic mass is 10.2. The Hall–Kier alpha value is -2.86. The summed E-state index contributed by atoms with van der Waals surface area (Å²) in [6.07, 6.45) is 0.802. The highest BCUT2D eigenvalue weighted by Crippen LogP contribution is 2.25. The second-order valence-corrected chi connectivity index (χ2v) is 5.17. The number of primary amides is 1. The molecule has 0 bridgehead atoms. The zero-order chi connectivity index (χ0) is 16.2. The number of carbonyl (C=O) groups excluding carboxylic acids is 1. The van der Waals surface area contributed by atoms with E-state index in [0.717, 1.165) is 23.3 Å². The molecule has 3 rings (SSSR count). The molecule has 0 aliphatic carbocycles. The fourth-order valence-corrected chi connectivity index (χ4v) is 2.37. The van der Waals surface area contributed by atoms with Crippen LogP contribution in [0.2, 0.25) is 0 Å². The average molecular weight is 310 g/mol. The van der Waals surface area contributed by atoms with Crippen LogP contribution in [-0.4, -0.2) is 29.0 Å². The lowest BCUT2D eigenvalue weighted by Gasteiger charge is -2.06. The van der Waals surface area contributed by atoms with Gasteiger partial charge in [-0.15, -0.1) is 0 Å². The van der Waals surface area contributed by atoms with E-state index in [2.05, 4.69) is 9.97 Å². The van der Waals surface area contributed by atoms with Gasteiger partial charge in [-0.3, -0.25) is 4.79 Å². The van der Waals surface area contributed by atoms with Crippen molar-refractivity contribution in [3.8, 4) is 17.1 Å². The van der Waals surface area contributed by atoms with Gasteiger partial charge in [-0.05, 0) is 37.2 Å². The molecule has 0 aliphatic heterocycles. The Bertz CT molecular complexity index is 841. The van der Waals surface area contributed by atoms with Gasteiger partial charge in [0.2, 0.25) is 0 Å². The van der Waals surface area contributed by atoms with E-state index in [1.54, 1.807) is 12.1 Å². The average Bonchev–Trinajstić information content (AvgIpc) is 2.99. The Balaban J connectivity index is 1.95. The summed E-state index contributed by atoms with van der Waals surface area (Å²) in [5.41, 5.74) is 13.5. The van der Waals surface area contributed by atoms with Crippen molar-refractivity contribution < 1.29 is 9.53 Å². The van der Waals surface area contributed by atoms with Gasteiger partial charge in [0, 0.05) is 5.56 Å². The molecule has 6 heteroatoms. The molecule has 0 radical (unpaired) electrons. The number of nitrogens with one attached hydrogen (secondary N) is 1. The van der Waals surface area contributed by atoms with Gasteiger partial charge in [0.1, 0.15) is 17.1 Å². The molecule has 0 spiro atoms. The second kappa shape index (κ2) is 6.50. The van der Waals surface area contributed by atoms with Gasteiger partial charge in [0.25, 0.3) is 5.91 Å². The maximum Gasteiger partial charge on any atom is 0.250 e. The van der Waals surface area contributed by atoms with Gasteiger partial charge in [0.15, 0.2) is 0 Å². The van der Waals surface area contributed by atoms with Crippen molar-refractivity contribution in [1.29, 1.82) is 0 Å². The number of amides is 1. The topological polar surface area (TPSA) is 107 Å². The molecule has 6 nitrogen and oxygen atoms in total. The minimum Gasteiger partial charge on any atom is -0.494 e. The molecular formula is C17H18N4O2. The maximum absolute atomic E-state index is 11.5. The molecule has 1 aromatic heterocycles. The molecule has 0 atom stereocenters. The molecule has 3 aromatic rings. The van der Waals surface area contributed by atoms with Crippen molar-refractivity contribution >= 4 is 16.9 Å². The number of imidazole rings is 1. The third-order valence-electron chi connectivity index (χ3n) is 3.50. The fraction of sp³-hybridized carbons (Fsp3) is 0.176. The van der Waals surface area contributed by atoms with E-state index in [9.17, 15) is 4.79 Å². The second-order valence-electron chi connectivity index (χ2n) is 5.17. The highest BCUT2D eigenvalue weighted by molar-refractivity contribution is 6.04. The first-order chi connectivity index (χ1) is 11.2. The van der Waals surface area contributed by atoms with Crippen LogP contribution >= 0.6 is 0 Å². The highest BCUT2D eigenvalue weighted by atomic mass is 16.5.